The van der Waals surface area contributed by atoms with E-state index in [4.69, 9.17) is 10.5 Å². The summed E-state index contributed by atoms with van der Waals surface area (Å²) < 4.78 is 5.50. The van der Waals surface area contributed by atoms with Gasteiger partial charge in [-0.3, -0.25) is 4.79 Å². The summed E-state index contributed by atoms with van der Waals surface area (Å²) in [5, 5.41) is 0. The van der Waals surface area contributed by atoms with Crippen molar-refractivity contribution in [3.05, 3.63) is 29.8 Å². The quantitative estimate of drug-likeness (QED) is 0.930. The third-order valence-corrected chi connectivity index (χ3v) is 4.86. The standard InChI is InChI=1S/C17H24N2O2/c1-21-15-9-5-4-8-13(15)17-14(18)10-11-16(20)19(17)12-6-2-3-7-12/h4-5,8-9,12,14,17H,2-3,6-7,10-11,18H2,1H3. The van der Waals surface area contributed by atoms with Crippen molar-refractivity contribution in [1.29, 1.82) is 0 Å². The molecule has 0 radical (unpaired) electrons. The fourth-order valence-electron chi connectivity index (χ4n) is 3.84. The molecule has 21 heavy (non-hydrogen) atoms. The van der Waals surface area contributed by atoms with Gasteiger partial charge in [0.2, 0.25) is 5.91 Å². The Morgan fingerprint density at radius 3 is 2.62 bits per heavy atom. The number of nitrogens with two attached hydrogens (primary N) is 1. The van der Waals surface area contributed by atoms with Crippen molar-refractivity contribution >= 4 is 5.91 Å². The predicted molar refractivity (Wildman–Crippen MR) is 82.0 cm³/mol. The van der Waals surface area contributed by atoms with E-state index in [0.29, 0.717) is 12.5 Å². The number of piperidine rings is 1. The number of nitrogens with zero attached hydrogens (tertiary/aromatic N) is 1. The van der Waals surface area contributed by atoms with Gasteiger partial charge in [-0.2, -0.15) is 0 Å². The molecule has 0 spiro atoms. The Bertz CT molecular complexity index is 511. The predicted octanol–water partition coefficient (Wildman–Crippen LogP) is 2.63. The summed E-state index contributed by atoms with van der Waals surface area (Å²) in [7, 11) is 1.68. The molecule has 1 aliphatic carbocycles. The highest BCUT2D eigenvalue weighted by Gasteiger charge is 2.40. The van der Waals surface area contributed by atoms with Gasteiger partial charge in [0.05, 0.1) is 13.2 Å². The first kappa shape index (κ1) is 14.4. The van der Waals surface area contributed by atoms with E-state index in [1.165, 1.54) is 12.8 Å². The molecule has 1 saturated carbocycles. The highest BCUT2D eigenvalue weighted by molar-refractivity contribution is 5.78. The molecule has 1 heterocycles. The molecule has 1 aromatic carbocycles. The minimum atomic E-state index is -0.0505. The van der Waals surface area contributed by atoms with E-state index in [0.717, 1.165) is 30.6 Å². The number of para-hydroxylation sites is 1. The molecule has 0 aromatic heterocycles. The maximum Gasteiger partial charge on any atom is 0.223 e. The van der Waals surface area contributed by atoms with Gasteiger partial charge in [0.1, 0.15) is 5.75 Å². The Balaban J connectivity index is 1.99. The Morgan fingerprint density at radius 1 is 1.19 bits per heavy atom. The van der Waals surface area contributed by atoms with E-state index >= 15 is 0 Å². The fourth-order valence-corrected chi connectivity index (χ4v) is 3.84. The number of ether oxygens (including phenoxy) is 1. The minimum absolute atomic E-state index is 0.0143. The third kappa shape index (κ3) is 2.64. The number of likely N-dealkylation sites (tertiary alicyclic amines) is 1. The summed E-state index contributed by atoms with van der Waals surface area (Å²) >= 11 is 0. The number of amides is 1. The molecule has 1 amide bonds. The lowest BCUT2D eigenvalue weighted by molar-refractivity contribution is -0.140. The zero-order valence-electron chi connectivity index (χ0n) is 12.6. The lowest BCUT2D eigenvalue weighted by Crippen LogP contribution is -2.52. The van der Waals surface area contributed by atoms with Crippen molar-refractivity contribution in [1.82, 2.24) is 4.90 Å². The molecule has 4 nitrogen and oxygen atoms in total. The molecule has 2 N–H and O–H groups in total. The monoisotopic (exact) mass is 288 g/mol. The summed E-state index contributed by atoms with van der Waals surface area (Å²) in [5.41, 5.74) is 7.45. The maximum absolute atomic E-state index is 12.5. The van der Waals surface area contributed by atoms with Gasteiger partial charge >= 0.3 is 0 Å². The molecule has 2 fully saturated rings. The number of hydrogen-bond donors (Lipinski definition) is 1. The van der Waals surface area contributed by atoms with Gasteiger partial charge in [0.15, 0.2) is 0 Å². The Kier molecular flexibility index (Phi) is 4.15. The van der Waals surface area contributed by atoms with Gasteiger partial charge in [-0.1, -0.05) is 31.0 Å². The number of hydrogen-bond acceptors (Lipinski definition) is 3. The topological polar surface area (TPSA) is 55.6 Å². The molecule has 4 heteroatoms. The molecular formula is C17H24N2O2. The zero-order valence-corrected chi connectivity index (χ0v) is 12.6. The normalized spacial score (nSPS) is 27.1. The van der Waals surface area contributed by atoms with Gasteiger partial charge in [0.25, 0.3) is 0 Å². The zero-order chi connectivity index (χ0) is 14.8. The lowest BCUT2D eigenvalue weighted by Gasteiger charge is -2.43. The van der Waals surface area contributed by atoms with Crippen molar-refractivity contribution in [3.8, 4) is 5.75 Å². The van der Waals surface area contributed by atoms with Crippen molar-refractivity contribution in [3.63, 3.8) is 0 Å². The summed E-state index contributed by atoms with van der Waals surface area (Å²) in [6.45, 7) is 0. The van der Waals surface area contributed by atoms with Crippen LogP contribution in [0, 0.1) is 0 Å². The second kappa shape index (κ2) is 6.06. The van der Waals surface area contributed by atoms with Crippen LogP contribution in [0.25, 0.3) is 0 Å². The van der Waals surface area contributed by atoms with Crippen LogP contribution in [-0.2, 0) is 4.79 Å². The number of carbonyl (C=O) groups is 1. The summed E-state index contributed by atoms with van der Waals surface area (Å²) in [6.07, 6.45) is 5.95. The van der Waals surface area contributed by atoms with Crippen LogP contribution in [0.15, 0.2) is 24.3 Å². The Hall–Kier alpha value is -1.55. The summed E-state index contributed by atoms with van der Waals surface area (Å²) in [4.78, 5) is 14.6. The molecule has 1 aromatic rings. The largest absolute Gasteiger partial charge is 0.496 e. The first-order chi connectivity index (χ1) is 10.2. The summed E-state index contributed by atoms with van der Waals surface area (Å²) in [6, 6.07) is 8.23. The van der Waals surface area contributed by atoms with Gasteiger partial charge in [-0.05, 0) is 25.3 Å². The number of rotatable bonds is 3. The summed E-state index contributed by atoms with van der Waals surface area (Å²) in [5.74, 6) is 1.08. The van der Waals surface area contributed by atoms with Crippen LogP contribution in [0.3, 0.4) is 0 Å². The van der Waals surface area contributed by atoms with Crippen LogP contribution >= 0.6 is 0 Å². The van der Waals surface area contributed by atoms with E-state index in [-0.39, 0.29) is 18.0 Å². The molecule has 1 aliphatic heterocycles. The SMILES string of the molecule is COc1ccccc1C1C(N)CCC(=O)N1C1CCCC1. The molecule has 114 valence electrons. The van der Waals surface area contributed by atoms with Crippen LogP contribution in [0.5, 0.6) is 5.75 Å². The van der Waals surface area contributed by atoms with Crippen molar-refractivity contribution in [2.75, 3.05) is 7.11 Å². The molecule has 1 saturated heterocycles. The smallest absolute Gasteiger partial charge is 0.223 e. The van der Waals surface area contributed by atoms with E-state index in [1.54, 1.807) is 7.11 Å². The maximum atomic E-state index is 12.5. The minimum Gasteiger partial charge on any atom is -0.496 e. The van der Waals surface area contributed by atoms with Crippen LogP contribution in [0.1, 0.15) is 50.1 Å². The number of benzene rings is 1. The van der Waals surface area contributed by atoms with Crippen LogP contribution in [0.2, 0.25) is 0 Å². The molecule has 0 bridgehead atoms. The highest BCUT2D eigenvalue weighted by atomic mass is 16.5. The Morgan fingerprint density at radius 2 is 1.90 bits per heavy atom. The first-order valence-corrected chi connectivity index (χ1v) is 7.92. The average molecular weight is 288 g/mol. The number of carbonyl (C=O) groups excluding carboxylic acids is 1. The van der Waals surface area contributed by atoms with Gasteiger partial charge in [0, 0.05) is 24.1 Å². The second-order valence-corrected chi connectivity index (χ2v) is 6.13. The van der Waals surface area contributed by atoms with Crippen molar-refractivity contribution in [2.45, 2.75) is 56.7 Å². The molecule has 3 rings (SSSR count). The van der Waals surface area contributed by atoms with E-state index in [2.05, 4.69) is 4.90 Å². The highest BCUT2D eigenvalue weighted by Crippen LogP contribution is 2.40. The van der Waals surface area contributed by atoms with Crippen molar-refractivity contribution < 1.29 is 9.53 Å². The van der Waals surface area contributed by atoms with Gasteiger partial charge < -0.3 is 15.4 Å². The van der Waals surface area contributed by atoms with Crippen LogP contribution < -0.4 is 10.5 Å². The van der Waals surface area contributed by atoms with Crippen LogP contribution in [-0.4, -0.2) is 30.0 Å². The van der Waals surface area contributed by atoms with Crippen LogP contribution in [0.4, 0.5) is 0 Å². The van der Waals surface area contributed by atoms with Crippen molar-refractivity contribution in [2.24, 2.45) is 5.73 Å². The molecule has 2 aliphatic rings. The lowest BCUT2D eigenvalue weighted by atomic mass is 9.88. The third-order valence-electron chi connectivity index (χ3n) is 4.86. The first-order valence-electron chi connectivity index (χ1n) is 7.92. The van der Waals surface area contributed by atoms with Gasteiger partial charge in [-0.25, -0.2) is 0 Å². The van der Waals surface area contributed by atoms with E-state index in [9.17, 15) is 4.79 Å². The van der Waals surface area contributed by atoms with E-state index < -0.39 is 0 Å². The average Bonchev–Trinajstić information content (AvgIpc) is 3.03. The Labute approximate surface area is 126 Å². The number of methoxy groups -OCH3 is 1. The molecule has 2 atom stereocenters. The van der Waals surface area contributed by atoms with Gasteiger partial charge in [-0.15, -0.1) is 0 Å². The van der Waals surface area contributed by atoms with E-state index in [1.807, 2.05) is 24.3 Å². The second-order valence-electron chi connectivity index (χ2n) is 6.13. The molecular weight excluding hydrogens is 264 g/mol. The molecule has 2 unspecified atom stereocenters. The fraction of sp³-hybridized carbons (Fsp3) is 0.588.